The average Bonchev–Trinajstić information content (AvgIpc) is 2.97. The Hall–Kier alpha value is -3.94. The van der Waals surface area contributed by atoms with Gasteiger partial charge in [-0.05, 0) is 74.1 Å². The molecule has 5 rings (SSSR count). The summed E-state index contributed by atoms with van der Waals surface area (Å²) in [6, 6.07) is 9.41. The summed E-state index contributed by atoms with van der Waals surface area (Å²) < 4.78 is 50.3. The van der Waals surface area contributed by atoms with E-state index in [9.17, 15) is 18.0 Å². The fourth-order valence-electron chi connectivity index (χ4n) is 4.84. The highest BCUT2D eigenvalue weighted by Crippen LogP contribution is 2.33. The topological polar surface area (TPSA) is 76.6 Å². The number of nitrogens with one attached hydrogen (secondary N) is 1. The second-order valence-electron chi connectivity index (χ2n) is 10.5. The van der Waals surface area contributed by atoms with Crippen molar-refractivity contribution in [1.29, 1.82) is 0 Å². The molecule has 0 atom stereocenters. The fraction of sp³-hybridized carbons (Fsp3) is 0.387. The van der Waals surface area contributed by atoms with Gasteiger partial charge in [-0.15, -0.1) is 0 Å². The first-order chi connectivity index (χ1) is 19.6. The summed E-state index contributed by atoms with van der Waals surface area (Å²) in [5.41, 5.74) is 3.32. The summed E-state index contributed by atoms with van der Waals surface area (Å²) in [7, 11) is 0. The van der Waals surface area contributed by atoms with Crippen molar-refractivity contribution in [3.05, 3.63) is 71.3 Å². The molecule has 1 amide bonds. The Labute approximate surface area is 237 Å². The van der Waals surface area contributed by atoms with Crippen LogP contribution in [0.4, 0.5) is 24.5 Å². The van der Waals surface area contributed by atoms with Crippen molar-refractivity contribution in [2.75, 3.05) is 49.7 Å². The number of hydrogen-bond donors (Lipinski definition) is 1. The lowest BCUT2D eigenvalue weighted by Crippen LogP contribution is -2.36. The van der Waals surface area contributed by atoms with E-state index in [1.54, 1.807) is 18.3 Å². The van der Waals surface area contributed by atoms with Gasteiger partial charge in [0.25, 0.3) is 5.91 Å². The highest BCUT2D eigenvalue weighted by atomic mass is 19.4. The third-order valence-electron chi connectivity index (χ3n) is 7.42. The zero-order valence-corrected chi connectivity index (χ0v) is 23.0. The number of rotatable bonds is 4. The van der Waals surface area contributed by atoms with Gasteiger partial charge in [-0.1, -0.05) is 12.0 Å². The third kappa shape index (κ3) is 6.87. The first-order valence-corrected chi connectivity index (χ1v) is 13.5. The lowest BCUT2D eigenvalue weighted by atomic mass is 9.83. The van der Waals surface area contributed by atoms with E-state index < -0.39 is 17.8 Å². The Bertz CT molecular complexity index is 1480. The molecule has 0 unspecified atom stereocenters. The number of alkyl halides is 3. The molecule has 0 spiro atoms. The number of nitrogens with zero attached hydrogens (tertiary/aromatic N) is 3. The van der Waals surface area contributed by atoms with Crippen LogP contribution in [0.2, 0.25) is 0 Å². The molecule has 1 N–H and O–H groups in total. The van der Waals surface area contributed by atoms with Crippen LogP contribution in [0.15, 0.2) is 48.8 Å². The van der Waals surface area contributed by atoms with Crippen LogP contribution in [-0.2, 0) is 15.7 Å². The molecular weight excluding hydrogens is 533 g/mol. The van der Waals surface area contributed by atoms with Crippen LogP contribution in [0.5, 0.6) is 0 Å². The van der Waals surface area contributed by atoms with E-state index in [1.165, 1.54) is 6.07 Å². The zero-order chi connectivity index (χ0) is 29.0. The van der Waals surface area contributed by atoms with Crippen LogP contribution in [0.1, 0.15) is 47.1 Å². The van der Waals surface area contributed by atoms with Gasteiger partial charge in [0.05, 0.1) is 18.9 Å². The van der Waals surface area contributed by atoms with Crippen molar-refractivity contribution in [3.63, 3.8) is 0 Å². The SMILES string of the molecule is Cc1ccc(NC(=O)c2ccnc(C(F)(F)F)c2)cc1-c1cnc(C#CC2(C)CCOCC2)c(N2CCOCC2)c1. The number of carbonyl (C=O) groups excluding carboxylic acids is 1. The fourth-order valence-corrected chi connectivity index (χ4v) is 4.84. The van der Waals surface area contributed by atoms with Crippen LogP contribution in [0, 0.1) is 24.2 Å². The quantitative estimate of drug-likeness (QED) is 0.408. The van der Waals surface area contributed by atoms with Crippen LogP contribution >= 0.6 is 0 Å². The molecule has 7 nitrogen and oxygen atoms in total. The monoisotopic (exact) mass is 564 g/mol. The van der Waals surface area contributed by atoms with Gasteiger partial charge >= 0.3 is 6.18 Å². The number of halogens is 3. The number of carbonyl (C=O) groups is 1. The minimum atomic E-state index is -4.64. The number of aryl methyl sites for hydroxylation is 1. The Kier molecular flexibility index (Phi) is 8.29. The van der Waals surface area contributed by atoms with E-state index in [1.807, 2.05) is 13.0 Å². The smallest absolute Gasteiger partial charge is 0.381 e. The van der Waals surface area contributed by atoms with Crippen LogP contribution in [0.3, 0.4) is 0 Å². The molecule has 2 aliphatic rings. The number of hydrogen-bond acceptors (Lipinski definition) is 6. The number of benzene rings is 1. The van der Waals surface area contributed by atoms with Crippen molar-refractivity contribution in [3.8, 4) is 23.0 Å². The predicted octanol–water partition coefficient (Wildman–Crippen LogP) is 5.73. The van der Waals surface area contributed by atoms with Crippen molar-refractivity contribution >= 4 is 17.3 Å². The van der Waals surface area contributed by atoms with Gasteiger partial charge < -0.3 is 19.7 Å². The molecule has 4 heterocycles. The summed E-state index contributed by atoms with van der Waals surface area (Å²) in [4.78, 5) is 23.1. The van der Waals surface area contributed by atoms with Gasteiger partial charge in [-0.25, -0.2) is 4.98 Å². The molecule has 2 aromatic heterocycles. The van der Waals surface area contributed by atoms with Gasteiger partial charge in [0.1, 0.15) is 11.4 Å². The number of pyridine rings is 2. The van der Waals surface area contributed by atoms with Crippen LogP contribution < -0.4 is 10.2 Å². The molecule has 0 radical (unpaired) electrons. The second-order valence-corrected chi connectivity index (χ2v) is 10.5. The summed E-state index contributed by atoms with van der Waals surface area (Å²) >= 11 is 0. The van der Waals surface area contributed by atoms with Gasteiger partial charge in [0, 0.05) is 60.9 Å². The number of morpholine rings is 1. The third-order valence-corrected chi connectivity index (χ3v) is 7.42. The van der Waals surface area contributed by atoms with E-state index >= 15 is 0 Å². The van der Waals surface area contributed by atoms with Crippen molar-refractivity contribution in [2.24, 2.45) is 5.41 Å². The Morgan fingerprint density at radius 3 is 2.49 bits per heavy atom. The highest BCUT2D eigenvalue weighted by molar-refractivity contribution is 6.04. The van der Waals surface area contributed by atoms with Crippen molar-refractivity contribution in [2.45, 2.75) is 32.9 Å². The van der Waals surface area contributed by atoms with Gasteiger partial charge in [-0.2, -0.15) is 13.2 Å². The lowest BCUT2D eigenvalue weighted by molar-refractivity contribution is -0.141. The van der Waals surface area contributed by atoms with Crippen molar-refractivity contribution < 1.29 is 27.4 Å². The predicted molar refractivity (Wildman–Crippen MR) is 150 cm³/mol. The van der Waals surface area contributed by atoms with Gasteiger partial charge in [-0.3, -0.25) is 9.78 Å². The first-order valence-electron chi connectivity index (χ1n) is 13.5. The zero-order valence-electron chi connectivity index (χ0n) is 23.0. The molecule has 214 valence electrons. The minimum Gasteiger partial charge on any atom is -0.381 e. The summed E-state index contributed by atoms with van der Waals surface area (Å²) in [6.45, 7) is 8.15. The van der Waals surface area contributed by atoms with E-state index in [4.69, 9.17) is 14.5 Å². The maximum atomic E-state index is 13.1. The largest absolute Gasteiger partial charge is 0.433 e. The molecule has 1 aromatic carbocycles. The maximum absolute atomic E-state index is 13.1. The molecule has 2 saturated heterocycles. The molecule has 0 bridgehead atoms. The maximum Gasteiger partial charge on any atom is 0.433 e. The Morgan fingerprint density at radius 1 is 1.02 bits per heavy atom. The molecule has 0 aliphatic carbocycles. The molecule has 2 fully saturated rings. The Balaban J connectivity index is 1.45. The van der Waals surface area contributed by atoms with E-state index in [0.717, 1.165) is 47.5 Å². The minimum absolute atomic E-state index is 0.125. The molecule has 0 saturated carbocycles. The van der Waals surface area contributed by atoms with Crippen molar-refractivity contribution in [1.82, 2.24) is 9.97 Å². The molecule has 3 aromatic rings. The standard InChI is InChI=1S/C31H31F3N4O3/c1-21-3-4-24(37-29(39)22-6-10-35-28(18-22)31(32,33)34)19-25(21)23-17-27(38-11-15-41-16-12-38)26(36-20-23)5-7-30(2)8-13-40-14-9-30/h3-4,6,10,17-20H,8-9,11-16H2,1-2H3,(H,37,39). The van der Waals surface area contributed by atoms with Gasteiger partial charge in [0.2, 0.25) is 0 Å². The number of amides is 1. The van der Waals surface area contributed by atoms with E-state index in [0.29, 0.717) is 50.9 Å². The summed E-state index contributed by atoms with van der Waals surface area (Å²) in [5.74, 6) is 6.13. The van der Waals surface area contributed by atoms with E-state index in [-0.39, 0.29) is 11.0 Å². The Morgan fingerprint density at radius 2 is 1.76 bits per heavy atom. The molecule has 10 heteroatoms. The molecule has 41 heavy (non-hydrogen) atoms. The van der Waals surface area contributed by atoms with Crippen LogP contribution in [0.25, 0.3) is 11.1 Å². The molecular formula is C31H31F3N4O3. The second kappa shape index (κ2) is 11.9. The highest BCUT2D eigenvalue weighted by Gasteiger charge is 2.33. The number of aromatic nitrogens is 2. The average molecular weight is 565 g/mol. The first kappa shape index (κ1) is 28.6. The normalized spacial score (nSPS) is 17.0. The van der Waals surface area contributed by atoms with E-state index in [2.05, 4.69) is 40.0 Å². The molecule has 2 aliphatic heterocycles. The number of anilines is 2. The number of ether oxygens (including phenoxy) is 2. The summed E-state index contributed by atoms with van der Waals surface area (Å²) in [5, 5.41) is 2.71. The lowest BCUT2D eigenvalue weighted by Gasteiger charge is -2.30. The van der Waals surface area contributed by atoms with Crippen LogP contribution in [-0.4, -0.2) is 55.4 Å². The van der Waals surface area contributed by atoms with Gasteiger partial charge in [0.15, 0.2) is 0 Å². The summed E-state index contributed by atoms with van der Waals surface area (Å²) in [6.07, 6.45) is -0.145.